The van der Waals surface area contributed by atoms with Crippen molar-refractivity contribution in [3.63, 3.8) is 0 Å². The Kier molecular flexibility index (Phi) is 3.41. The Bertz CT molecular complexity index is 906. The van der Waals surface area contributed by atoms with Crippen molar-refractivity contribution >= 4 is 32.2 Å². The normalized spacial score (nSPS) is 19.5. The number of hydrogen-bond acceptors (Lipinski definition) is 6. The highest BCUT2D eigenvalue weighted by molar-refractivity contribution is 7.89. The van der Waals surface area contributed by atoms with E-state index in [0.717, 1.165) is 16.8 Å². The van der Waals surface area contributed by atoms with Crippen molar-refractivity contribution in [1.29, 1.82) is 0 Å². The van der Waals surface area contributed by atoms with E-state index >= 15 is 0 Å². The maximum atomic E-state index is 12.0. The first-order valence-electron chi connectivity index (χ1n) is 7.11. The van der Waals surface area contributed by atoms with E-state index in [4.69, 9.17) is 4.74 Å². The number of fused-ring (bicyclic) bond motifs is 3. The van der Waals surface area contributed by atoms with Crippen LogP contribution in [-0.4, -0.2) is 35.6 Å². The molecule has 1 aliphatic heterocycles. The average molecular weight is 357 g/mol. The zero-order valence-corrected chi connectivity index (χ0v) is 15.3. The van der Waals surface area contributed by atoms with Gasteiger partial charge >= 0.3 is 0 Å². The van der Waals surface area contributed by atoms with Crippen LogP contribution in [0.1, 0.15) is 48.8 Å². The topological polar surface area (TPSA) is 89.8 Å². The van der Waals surface area contributed by atoms with E-state index in [1.807, 2.05) is 36.8 Å². The number of thiazole rings is 1. The lowest BCUT2D eigenvalue weighted by molar-refractivity contribution is -0.136. The Morgan fingerprint density at radius 1 is 1.39 bits per heavy atom. The molecule has 3 heterocycles. The molecule has 0 spiro atoms. The van der Waals surface area contributed by atoms with Gasteiger partial charge in [0.05, 0.1) is 22.3 Å². The second-order valence-electron chi connectivity index (χ2n) is 6.91. The lowest BCUT2D eigenvalue weighted by Gasteiger charge is -2.40. The first kappa shape index (κ1) is 16.4. The predicted molar refractivity (Wildman–Crippen MR) is 87.3 cm³/mol. The number of hydrogen-bond donors (Lipinski definition) is 1. The van der Waals surface area contributed by atoms with Crippen LogP contribution in [0.15, 0.2) is 6.20 Å². The molecule has 7 nitrogen and oxygen atoms in total. The van der Waals surface area contributed by atoms with Gasteiger partial charge < -0.3 is 4.74 Å². The molecule has 126 valence electrons. The quantitative estimate of drug-likeness (QED) is 0.883. The minimum Gasteiger partial charge on any atom is -0.364 e. The standard InChI is InChI=1S/C14H19N3O4S2/c1-13(2)6-9-10(14(3,4)21-13)22-12-15-8(7-17(9)12)11(18)16-23(5,19)20/h7H,6H2,1-5H3,(H,16,18). The number of ether oxygens (including phenoxy) is 1. The highest BCUT2D eigenvalue weighted by Crippen LogP contribution is 2.43. The number of aromatic nitrogens is 2. The minimum atomic E-state index is -3.61. The summed E-state index contributed by atoms with van der Waals surface area (Å²) in [5.74, 6) is -0.720. The van der Waals surface area contributed by atoms with Gasteiger partial charge in [-0.25, -0.2) is 18.1 Å². The van der Waals surface area contributed by atoms with E-state index < -0.39 is 21.5 Å². The number of nitrogens with one attached hydrogen (secondary N) is 1. The molecular weight excluding hydrogens is 338 g/mol. The summed E-state index contributed by atoms with van der Waals surface area (Å²) in [6.45, 7) is 8.07. The van der Waals surface area contributed by atoms with Crippen molar-refractivity contribution in [2.45, 2.75) is 45.3 Å². The number of nitrogens with zero attached hydrogens (tertiary/aromatic N) is 2. The molecule has 0 bridgehead atoms. The van der Waals surface area contributed by atoms with Gasteiger partial charge in [0, 0.05) is 18.3 Å². The van der Waals surface area contributed by atoms with Crippen LogP contribution in [0.5, 0.6) is 0 Å². The number of imidazole rings is 1. The zero-order valence-electron chi connectivity index (χ0n) is 13.6. The predicted octanol–water partition coefficient (Wildman–Crippen LogP) is 1.67. The molecule has 0 aliphatic carbocycles. The third kappa shape index (κ3) is 3.00. The molecule has 2 aromatic heterocycles. The number of amides is 1. The summed E-state index contributed by atoms with van der Waals surface area (Å²) in [7, 11) is -3.61. The van der Waals surface area contributed by atoms with Gasteiger partial charge in [-0.2, -0.15) is 0 Å². The van der Waals surface area contributed by atoms with E-state index in [1.54, 1.807) is 6.20 Å². The molecule has 9 heteroatoms. The Morgan fingerprint density at radius 3 is 2.65 bits per heavy atom. The molecule has 0 radical (unpaired) electrons. The maximum Gasteiger partial charge on any atom is 0.284 e. The summed E-state index contributed by atoms with van der Waals surface area (Å²) in [5.41, 5.74) is 0.380. The van der Waals surface area contributed by atoms with E-state index in [0.29, 0.717) is 11.4 Å². The van der Waals surface area contributed by atoms with Gasteiger partial charge in [0.15, 0.2) is 4.96 Å². The van der Waals surface area contributed by atoms with E-state index in [1.165, 1.54) is 11.3 Å². The van der Waals surface area contributed by atoms with Crippen molar-refractivity contribution in [3.05, 3.63) is 22.5 Å². The second kappa shape index (κ2) is 4.78. The fourth-order valence-electron chi connectivity index (χ4n) is 3.03. The summed E-state index contributed by atoms with van der Waals surface area (Å²) in [5, 5.41) is 0. The van der Waals surface area contributed by atoms with Gasteiger partial charge in [-0.1, -0.05) is 11.3 Å². The molecule has 0 fully saturated rings. The number of carbonyl (C=O) groups is 1. The van der Waals surface area contributed by atoms with Crippen LogP contribution in [0.4, 0.5) is 0 Å². The monoisotopic (exact) mass is 357 g/mol. The van der Waals surface area contributed by atoms with Crippen molar-refractivity contribution in [2.75, 3.05) is 6.26 Å². The first-order chi connectivity index (χ1) is 10.4. The summed E-state index contributed by atoms with van der Waals surface area (Å²) < 4.78 is 32.3. The lowest BCUT2D eigenvalue weighted by Crippen LogP contribution is -2.42. The Balaban J connectivity index is 2.08. The summed E-state index contributed by atoms with van der Waals surface area (Å²) >= 11 is 1.46. The van der Waals surface area contributed by atoms with Crippen molar-refractivity contribution in [1.82, 2.24) is 14.1 Å². The third-order valence-corrected chi connectivity index (χ3v) is 5.56. The van der Waals surface area contributed by atoms with Crippen LogP contribution in [-0.2, 0) is 26.8 Å². The Hall–Kier alpha value is -1.45. The molecular formula is C14H19N3O4S2. The second-order valence-corrected chi connectivity index (χ2v) is 9.63. The van der Waals surface area contributed by atoms with Gasteiger partial charge in [-0.15, -0.1) is 0 Å². The van der Waals surface area contributed by atoms with Gasteiger partial charge in [0.2, 0.25) is 10.0 Å². The van der Waals surface area contributed by atoms with Gasteiger partial charge in [0.1, 0.15) is 5.69 Å². The van der Waals surface area contributed by atoms with E-state index in [9.17, 15) is 13.2 Å². The smallest absolute Gasteiger partial charge is 0.284 e. The molecule has 1 aliphatic rings. The molecule has 23 heavy (non-hydrogen) atoms. The Morgan fingerprint density at radius 2 is 2.04 bits per heavy atom. The number of sulfonamides is 1. The molecule has 2 aromatic rings. The van der Waals surface area contributed by atoms with Crippen LogP contribution < -0.4 is 4.72 Å². The summed E-state index contributed by atoms with van der Waals surface area (Å²) in [6.07, 6.45) is 3.21. The lowest BCUT2D eigenvalue weighted by atomic mass is 9.91. The van der Waals surface area contributed by atoms with Crippen LogP contribution in [0, 0.1) is 0 Å². The first-order valence-corrected chi connectivity index (χ1v) is 9.82. The molecule has 1 amide bonds. The zero-order chi connectivity index (χ0) is 17.2. The highest BCUT2D eigenvalue weighted by Gasteiger charge is 2.41. The van der Waals surface area contributed by atoms with Crippen LogP contribution in [0.2, 0.25) is 0 Å². The number of rotatable bonds is 2. The minimum absolute atomic E-state index is 0.0894. The Labute approximate surface area is 138 Å². The largest absolute Gasteiger partial charge is 0.364 e. The highest BCUT2D eigenvalue weighted by atomic mass is 32.2. The summed E-state index contributed by atoms with van der Waals surface area (Å²) in [6, 6.07) is 0. The SMILES string of the molecule is CC1(C)Cc2c(sc3nc(C(=O)NS(C)(=O)=O)cn23)C(C)(C)O1. The molecule has 0 saturated heterocycles. The van der Waals surface area contributed by atoms with Gasteiger partial charge in [-0.05, 0) is 27.7 Å². The molecule has 1 N–H and O–H groups in total. The fourth-order valence-corrected chi connectivity index (χ4v) is 4.64. The molecule has 0 aromatic carbocycles. The van der Waals surface area contributed by atoms with Crippen LogP contribution in [0.25, 0.3) is 4.96 Å². The van der Waals surface area contributed by atoms with Crippen LogP contribution >= 0.6 is 11.3 Å². The van der Waals surface area contributed by atoms with Crippen LogP contribution in [0.3, 0.4) is 0 Å². The molecule has 3 rings (SSSR count). The molecule has 0 unspecified atom stereocenters. The molecule has 0 saturated carbocycles. The van der Waals surface area contributed by atoms with Gasteiger partial charge in [0.25, 0.3) is 5.91 Å². The fraction of sp³-hybridized carbons (Fsp3) is 0.571. The third-order valence-electron chi connectivity index (χ3n) is 3.60. The van der Waals surface area contributed by atoms with Gasteiger partial charge in [-0.3, -0.25) is 9.20 Å². The van der Waals surface area contributed by atoms with Crippen molar-refractivity contribution < 1.29 is 17.9 Å². The average Bonchev–Trinajstić information content (AvgIpc) is 2.84. The summed E-state index contributed by atoms with van der Waals surface area (Å²) in [4.78, 5) is 18.0. The van der Waals surface area contributed by atoms with E-state index in [2.05, 4.69) is 4.98 Å². The van der Waals surface area contributed by atoms with Crippen molar-refractivity contribution in [3.8, 4) is 0 Å². The maximum absolute atomic E-state index is 12.0. The van der Waals surface area contributed by atoms with E-state index in [-0.39, 0.29) is 11.3 Å². The molecule has 0 atom stereocenters. The van der Waals surface area contributed by atoms with Crippen molar-refractivity contribution in [2.24, 2.45) is 0 Å². The number of carbonyl (C=O) groups excluding carboxylic acids is 1.